The van der Waals surface area contributed by atoms with Crippen LogP contribution in [-0.4, -0.2) is 23.0 Å². The van der Waals surface area contributed by atoms with Crippen molar-refractivity contribution in [2.24, 2.45) is 11.3 Å². The Hall–Kier alpha value is -1.55. The van der Waals surface area contributed by atoms with Gasteiger partial charge in [-0.05, 0) is 49.8 Å². The number of amides is 1. The second kappa shape index (κ2) is 7.35. The van der Waals surface area contributed by atoms with Crippen molar-refractivity contribution in [3.63, 3.8) is 0 Å². The van der Waals surface area contributed by atoms with Gasteiger partial charge < -0.3 is 10.4 Å². The zero-order valence-electron chi connectivity index (χ0n) is 13.6. The molecule has 23 heavy (non-hydrogen) atoms. The van der Waals surface area contributed by atoms with E-state index in [0.717, 1.165) is 18.4 Å². The summed E-state index contributed by atoms with van der Waals surface area (Å²) in [6.07, 6.45) is 3.35. The van der Waals surface area contributed by atoms with Crippen LogP contribution < -0.4 is 5.32 Å². The van der Waals surface area contributed by atoms with Crippen molar-refractivity contribution in [2.45, 2.75) is 52.0 Å². The number of rotatable bonds is 5. The predicted octanol–water partition coefficient (Wildman–Crippen LogP) is 3.67. The fraction of sp³-hybridized carbons (Fsp3) is 0.556. The fourth-order valence-electron chi connectivity index (χ4n) is 3.10. The van der Waals surface area contributed by atoms with Crippen LogP contribution >= 0.6 is 11.6 Å². The van der Waals surface area contributed by atoms with Crippen molar-refractivity contribution in [3.05, 3.63) is 34.9 Å². The highest BCUT2D eigenvalue weighted by molar-refractivity contribution is 6.30. The van der Waals surface area contributed by atoms with Gasteiger partial charge in [-0.15, -0.1) is 0 Å². The number of carbonyl (C=O) groups excluding carboxylic acids is 1. The van der Waals surface area contributed by atoms with Crippen LogP contribution in [0, 0.1) is 11.3 Å². The monoisotopic (exact) mass is 337 g/mol. The van der Waals surface area contributed by atoms with Gasteiger partial charge in [0, 0.05) is 16.5 Å². The van der Waals surface area contributed by atoms with Crippen LogP contribution in [0.2, 0.25) is 5.02 Å². The first-order valence-corrected chi connectivity index (χ1v) is 8.44. The Morgan fingerprint density at radius 1 is 1.26 bits per heavy atom. The molecule has 2 rings (SSSR count). The molecule has 4 nitrogen and oxygen atoms in total. The van der Waals surface area contributed by atoms with E-state index < -0.39 is 11.4 Å². The molecule has 0 spiro atoms. The molecule has 0 aliphatic heterocycles. The maximum atomic E-state index is 12.6. The third kappa shape index (κ3) is 4.96. The lowest BCUT2D eigenvalue weighted by Crippen LogP contribution is -2.45. The summed E-state index contributed by atoms with van der Waals surface area (Å²) in [5, 5.41) is 12.8. The van der Waals surface area contributed by atoms with Gasteiger partial charge in [-0.2, -0.15) is 0 Å². The molecule has 0 aromatic heterocycles. The summed E-state index contributed by atoms with van der Waals surface area (Å²) in [5.41, 5.74) is 0.501. The predicted molar refractivity (Wildman–Crippen MR) is 90.5 cm³/mol. The number of carboxylic acids is 1. The van der Waals surface area contributed by atoms with Gasteiger partial charge in [0.05, 0.1) is 5.92 Å². The van der Waals surface area contributed by atoms with E-state index >= 15 is 0 Å². The summed E-state index contributed by atoms with van der Waals surface area (Å²) >= 11 is 6.00. The molecule has 0 atom stereocenters. The van der Waals surface area contributed by atoms with Crippen LogP contribution in [0.3, 0.4) is 0 Å². The van der Waals surface area contributed by atoms with Crippen molar-refractivity contribution in [3.8, 4) is 0 Å². The Bertz CT molecular complexity index is 577. The third-order valence-corrected chi connectivity index (χ3v) is 4.80. The topological polar surface area (TPSA) is 66.4 Å². The Morgan fingerprint density at radius 2 is 1.91 bits per heavy atom. The van der Waals surface area contributed by atoms with E-state index in [-0.39, 0.29) is 17.9 Å². The average molecular weight is 338 g/mol. The number of halogens is 1. The SMILES string of the molecule is CC(C)(Cc1cccc(Cl)c1)C(=O)NC1CCC(C(=O)O)CC1. The molecule has 5 heteroatoms. The largest absolute Gasteiger partial charge is 0.481 e. The fourth-order valence-corrected chi connectivity index (χ4v) is 3.32. The molecule has 1 fully saturated rings. The summed E-state index contributed by atoms with van der Waals surface area (Å²) in [7, 11) is 0. The zero-order valence-corrected chi connectivity index (χ0v) is 14.4. The standard InChI is InChI=1S/C18H24ClNO3/c1-18(2,11-12-4-3-5-14(19)10-12)17(23)20-15-8-6-13(7-9-15)16(21)22/h3-5,10,13,15H,6-9,11H2,1-2H3,(H,20,23)(H,21,22). The molecule has 0 saturated heterocycles. The minimum atomic E-state index is -0.726. The highest BCUT2D eigenvalue weighted by Crippen LogP contribution is 2.27. The second-order valence-corrected chi connectivity index (χ2v) is 7.49. The van der Waals surface area contributed by atoms with Crippen LogP contribution in [0.5, 0.6) is 0 Å². The first kappa shape index (κ1) is 17.8. The molecule has 1 aliphatic rings. The van der Waals surface area contributed by atoms with Crippen molar-refractivity contribution in [1.82, 2.24) is 5.32 Å². The second-order valence-electron chi connectivity index (χ2n) is 7.05. The Morgan fingerprint density at radius 3 is 2.48 bits per heavy atom. The van der Waals surface area contributed by atoms with Crippen LogP contribution in [-0.2, 0) is 16.0 Å². The summed E-state index contributed by atoms with van der Waals surface area (Å²) in [4.78, 5) is 23.6. The van der Waals surface area contributed by atoms with Gasteiger partial charge in [0.25, 0.3) is 0 Å². The number of carboxylic acid groups (broad SMARTS) is 1. The quantitative estimate of drug-likeness (QED) is 0.861. The normalized spacial score (nSPS) is 21.7. The highest BCUT2D eigenvalue weighted by Gasteiger charge is 2.32. The van der Waals surface area contributed by atoms with E-state index in [2.05, 4.69) is 5.32 Å². The Labute approximate surface area is 142 Å². The van der Waals surface area contributed by atoms with E-state index in [9.17, 15) is 9.59 Å². The van der Waals surface area contributed by atoms with Crippen molar-refractivity contribution < 1.29 is 14.7 Å². The van der Waals surface area contributed by atoms with Crippen LogP contribution in [0.4, 0.5) is 0 Å². The minimum Gasteiger partial charge on any atom is -0.481 e. The van der Waals surface area contributed by atoms with Gasteiger partial charge in [0.2, 0.25) is 5.91 Å². The van der Waals surface area contributed by atoms with Gasteiger partial charge in [0.15, 0.2) is 0 Å². The maximum absolute atomic E-state index is 12.6. The van der Waals surface area contributed by atoms with Gasteiger partial charge in [0.1, 0.15) is 0 Å². The molecule has 1 aromatic carbocycles. The molecule has 1 aliphatic carbocycles. The van der Waals surface area contributed by atoms with E-state index in [0.29, 0.717) is 24.3 Å². The minimum absolute atomic E-state index is 0.0104. The average Bonchev–Trinajstić information content (AvgIpc) is 2.47. The van der Waals surface area contributed by atoms with E-state index in [1.807, 2.05) is 38.1 Å². The van der Waals surface area contributed by atoms with E-state index in [1.165, 1.54) is 0 Å². The summed E-state index contributed by atoms with van der Waals surface area (Å²) in [6, 6.07) is 7.64. The van der Waals surface area contributed by atoms with Crippen LogP contribution in [0.15, 0.2) is 24.3 Å². The Balaban J connectivity index is 1.90. The first-order valence-electron chi connectivity index (χ1n) is 8.06. The summed E-state index contributed by atoms with van der Waals surface area (Å²) in [6.45, 7) is 3.85. The van der Waals surface area contributed by atoms with Crippen LogP contribution in [0.1, 0.15) is 45.1 Å². The highest BCUT2D eigenvalue weighted by atomic mass is 35.5. The molecule has 1 saturated carbocycles. The molecule has 126 valence electrons. The lowest BCUT2D eigenvalue weighted by atomic mass is 9.82. The molecule has 0 unspecified atom stereocenters. The van der Waals surface area contributed by atoms with Gasteiger partial charge in [-0.1, -0.05) is 37.6 Å². The summed E-state index contributed by atoms with van der Waals surface area (Å²) < 4.78 is 0. The molecule has 0 radical (unpaired) electrons. The number of nitrogens with one attached hydrogen (secondary N) is 1. The van der Waals surface area contributed by atoms with Crippen molar-refractivity contribution in [1.29, 1.82) is 0 Å². The lowest BCUT2D eigenvalue weighted by Gasteiger charge is -2.31. The van der Waals surface area contributed by atoms with Gasteiger partial charge in [-0.25, -0.2) is 0 Å². The maximum Gasteiger partial charge on any atom is 0.306 e. The number of hydrogen-bond acceptors (Lipinski definition) is 2. The smallest absolute Gasteiger partial charge is 0.306 e. The van der Waals surface area contributed by atoms with Gasteiger partial charge in [-0.3, -0.25) is 9.59 Å². The number of aliphatic carboxylic acids is 1. The zero-order chi connectivity index (χ0) is 17.0. The molecule has 0 bridgehead atoms. The van der Waals surface area contributed by atoms with Crippen molar-refractivity contribution in [2.75, 3.05) is 0 Å². The molecular formula is C18H24ClNO3. The Kier molecular flexibility index (Phi) is 5.69. The van der Waals surface area contributed by atoms with E-state index in [1.54, 1.807) is 0 Å². The molecule has 1 amide bonds. The molecular weight excluding hydrogens is 314 g/mol. The number of carbonyl (C=O) groups is 2. The first-order chi connectivity index (χ1) is 10.8. The molecule has 1 aromatic rings. The molecule has 0 heterocycles. The van der Waals surface area contributed by atoms with Crippen molar-refractivity contribution >= 4 is 23.5 Å². The third-order valence-electron chi connectivity index (χ3n) is 4.56. The van der Waals surface area contributed by atoms with Gasteiger partial charge >= 0.3 is 5.97 Å². The van der Waals surface area contributed by atoms with Crippen LogP contribution in [0.25, 0.3) is 0 Å². The number of benzene rings is 1. The summed E-state index contributed by atoms with van der Waals surface area (Å²) in [5.74, 6) is -0.977. The lowest BCUT2D eigenvalue weighted by molar-refractivity contribution is -0.142. The number of hydrogen-bond donors (Lipinski definition) is 2. The molecule has 2 N–H and O–H groups in total. The van der Waals surface area contributed by atoms with E-state index in [4.69, 9.17) is 16.7 Å².